The van der Waals surface area contributed by atoms with Gasteiger partial charge in [0.25, 0.3) is 15.9 Å². The molecule has 1 atom stereocenters. The van der Waals surface area contributed by atoms with E-state index in [4.69, 9.17) is 4.74 Å². The molecular formula is C19H24ClN3O4S. The lowest BCUT2D eigenvalue weighted by atomic mass is 10.2. The van der Waals surface area contributed by atoms with Crippen LogP contribution in [0.2, 0.25) is 0 Å². The van der Waals surface area contributed by atoms with Gasteiger partial charge < -0.3 is 15.4 Å². The minimum atomic E-state index is -3.85. The molecule has 1 fully saturated rings. The zero-order chi connectivity index (χ0) is 19.3. The molecule has 9 heteroatoms. The van der Waals surface area contributed by atoms with E-state index in [1.54, 1.807) is 36.4 Å². The van der Waals surface area contributed by atoms with Crippen LogP contribution in [0.4, 0.5) is 5.69 Å². The Labute approximate surface area is 171 Å². The Morgan fingerprint density at radius 1 is 1.21 bits per heavy atom. The van der Waals surface area contributed by atoms with Gasteiger partial charge in [-0.2, -0.15) is 0 Å². The highest BCUT2D eigenvalue weighted by Gasteiger charge is 2.19. The van der Waals surface area contributed by atoms with Crippen molar-refractivity contribution in [1.29, 1.82) is 0 Å². The van der Waals surface area contributed by atoms with Gasteiger partial charge >= 0.3 is 0 Å². The number of nitrogens with one attached hydrogen (secondary N) is 3. The predicted molar refractivity (Wildman–Crippen MR) is 111 cm³/mol. The lowest BCUT2D eigenvalue weighted by Gasteiger charge is -2.13. The Bertz CT molecular complexity index is 915. The van der Waals surface area contributed by atoms with Crippen molar-refractivity contribution in [2.75, 3.05) is 24.9 Å². The zero-order valence-electron chi connectivity index (χ0n) is 15.5. The fourth-order valence-electron chi connectivity index (χ4n) is 2.99. The summed E-state index contributed by atoms with van der Waals surface area (Å²) in [5.74, 6) is 0.122. The summed E-state index contributed by atoms with van der Waals surface area (Å²) in [5.41, 5.74) is 0.637. The first-order valence-corrected chi connectivity index (χ1v) is 10.3. The van der Waals surface area contributed by atoms with Crippen LogP contribution in [-0.2, 0) is 10.0 Å². The molecule has 0 spiro atoms. The van der Waals surface area contributed by atoms with Crippen LogP contribution in [0.1, 0.15) is 23.2 Å². The van der Waals surface area contributed by atoms with Crippen molar-refractivity contribution in [2.45, 2.75) is 23.8 Å². The summed E-state index contributed by atoms with van der Waals surface area (Å²) in [6, 6.07) is 13.0. The van der Waals surface area contributed by atoms with Gasteiger partial charge in [0, 0.05) is 18.2 Å². The number of carbonyl (C=O) groups excluding carboxylic acids is 1. The van der Waals surface area contributed by atoms with Crippen LogP contribution in [0.5, 0.6) is 5.75 Å². The molecule has 2 aromatic carbocycles. The van der Waals surface area contributed by atoms with Crippen LogP contribution in [0.25, 0.3) is 0 Å². The minimum absolute atomic E-state index is 0. The maximum Gasteiger partial charge on any atom is 0.262 e. The van der Waals surface area contributed by atoms with E-state index < -0.39 is 10.0 Å². The van der Waals surface area contributed by atoms with Gasteiger partial charge in [0.2, 0.25) is 0 Å². The van der Waals surface area contributed by atoms with Crippen LogP contribution in [0.3, 0.4) is 0 Å². The monoisotopic (exact) mass is 425 g/mol. The predicted octanol–water partition coefficient (Wildman–Crippen LogP) is 2.40. The van der Waals surface area contributed by atoms with Crippen LogP contribution < -0.4 is 20.1 Å². The number of halogens is 1. The normalized spacial score (nSPS) is 16.1. The SMILES string of the molecule is COc1ccccc1NS(=O)(=O)c1cccc(C(=O)NCC2CCCN2)c1.Cl. The number of hydrogen-bond donors (Lipinski definition) is 3. The molecule has 1 amide bonds. The van der Waals surface area contributed by atoms with Gasteiger partial charge in [-0.15, -0.1) is 12.4 Å². The summed E-state index contributed by atoms with van der Waals surface area (Å²) >= 11 is 0. The number of anilines is 1. The van der Waals surface area contributed by atoms with E-state index >= 15 is 0 Å². The molecule has 7 nitrogen and oxygen atoms in total. The molecule has 0 radical (unpaired) electrons. The quantitative estimate of drug-likeness (QED) is 0.633. The molecule has 1 heterocycles. The Balaban J connectivity index is 0.00000280. The molecule has 0 saturated carbocycles. The fraction of sp³-hybridized carbons (Fsp3) is 0.316. The topological polar surface area (TPSA) is 96.5 Å². The number of ether oxygens (including phenoxy) is 1. The molecule has 2 aromatic rings. The number of amides is 1. The number of sulfonamides is 1. The third-order valence-corrected chi connectivity index (χ3v) is 5.79. The molecule has 1 aliphatic heterocycles. The van der Waals surface area contributed by atoms with Crippen LogP contribution in [0.15, 0.2) is 53.4 Å². The van der Waals surface area contributed by atoms with Gasteiger partial charge in [-0.25, -0.2) is 8.42 Å². The van der Waals surface area contributed by atoms with Crippen LogP contribution in [-0.4, -0.2) is 40.6 Å². The fourth-order valence-corrected chi connectivity index (χ4v) is 4.10. The molecule has 0 bridgehead atoms. The lowest BCUT2D eigenvalue weighted by molar-refractivity contribution is 0.0950. The number of hydrogen-bond acceptors (Lipinski definition) is 5. The third-order valence-electron chi connectivity index (χ3n) is 4.43. The number of methoxy groups -OCH3 is 1. The molecule has 3 rings (SSSR count). The summed E-state index contributed by atoms with van der Waals surface area (Å²) < 4.78 is 33.1. The first-order chi connectivity index (χ1) is 13.0. The Hall–Kier alpha value is -2.29. The first-order valence-electron chi connectivity index (χ1n) is 8.77. The smallest absolute Gasteiger partial charge is 0.262 e. The van der Waals surface area contributed by atoms with Gasteiger partial charge in [-0.3, -0.25) is 9.52 Å². The van der Waals surface area contributed by atoms with Crippen LogP contribution >= 0.6 is 12.4 Å². The molecular weight excluding hydrogens is 402 g/mol. The van der Waals surface area contributed by atoms with E-state index in [-0.39, 0.29) is 29.3 Å². The van der Waals surface area contributed by atoms with Crippen molar-refractivity contribution in [3.05, 3.63) is 54.1 Å². The average molecular weight is 426 g/mol. The summed E-state index contributed by atoms with van der Waals surface area (Å²) in [7, 11) is -2.39. The van der Waals surface area contributed by atoms with Crippen molar-refractivity contribution in [3.63, 3.8) is 0 Å². The highest BCUT2D eigenvalue weighted by atomic mass is 35.5. The van der Waals surface area contributed by atoms with Gasteiger partial charge in [-0.1, -0.05) is 18.2 Å². The molecule has 28 heavy (non-hydrogen) atoms. The van der Waals surface area contributed by atoms with Gasteiger partial charge in [0.15, 0.2) is 0 Å². The van der Waals surface area contributed by atoms with E-state index in [2.05, 4.69) is 15.4 Å². The van der Waals surface area contributed by atoms with E-state index in [1.165, 1.54) is 19.2 Å². The van der Waals surface area contributed by atoms with E-state index in [1.807, 2.05) is 0 Å². The van der Waals surface area contributed by atoms with Crippen molar-refractivity contribution < 1.29 is 17.9 Å². The van der Waals surface area contributed by atoms with Gasteiger partial charge in [0.05, 0.1) is 17.7 Å². The van der Waals surface area contributed by atoms with Gasteiger partial charge in [0.1, 0.15) is 5.75 Å². The van der Waals surface area contributed by atoms with Crippen molar-refractivity contribution in [1.82, 2.24) is 10.6 Å². The number of rotatable bonds is 7. The molecule has 3 N–H and O–H groups in total. The average Bonchev–Trinajstić information content (AvgIpc) is 3.20. The summed E-state index contributed by atoms with van der Waals surface area (Å²) in [5, 5.41) is 6.16. The molecule has 1 aliphatic rings. The second-order valence-corrected chi connectivity index (χ2v) is 8.02. The lowest BCUT2D eigenvalue weighted by Crippen LogP contribution is -2.37. The highest BCUT2D eigenvalue weighted by Crippen LogP contribution is 2.26. The number of benzene rings is 2. The number of para-hydroxylation sites is 2. The van der Waals surface area contributed by atoms with Crippen molar-refractivity contribution in [2.24, 2.45) is 0 Å². The highest BCUT2D eigenvalue weighted by molar-refractivity contribution is 7.92. The Morgan fingerprint density at radius 2 is 2.00 bits per heavy atom. The summed E-state index contributed by atoms with van der Waals surface area (Å²) in [4.78, 5) is 12.4. The van der Waals surface area contributed by atoms with Crippen LogP contribution in [0, 0.1) is 0 Å². The number of carbonyl (C=O) groups is 1. The summed E-state index contributed by atoms with van der Waals surface area (Å²) in [6.45, 7) is 1.48. The Morgan fingerprint density at radius 3 is 2.71 bits per heavy atom. The van der Waals surface area contributed by atoms with Gasteiger partial charge in [-0.05, 0) is 49.7 Å². The summed E-state index contributed by atoms with van der Waals surface area (Å²) in [6.07, 6.45) is 2.13. The molecule has 1 saturated heterocycles. The van der Waals surface area contributed by atoms with E-state index in [0.717, 1.165) is 19.4 Å². The zero-order valence-corrected chi connectivity index (χ0v) is 17.1. The molecule has 0 aromatic heterocycles. The van der Waals surface area contributed by atoms with Crippen molar-refractivity contribution in [3.8, 4) is 5.75 Å². The molecule has 152 valence electrons. The molecule has 1 unspecified atom stereocenters. The maximum absolute atomic E-state index is 12.7. The van der Waals surface area contributed by atoms with E-state index in [9.17, 15) is 13.2 Å². The minimum Gasteiger partial charge on any atom is -0.495 e. The second kappa shape index (κ2) is 9.77. The molecule has 0 aliphatic carbocycles. The first kappa shape index (κ1) is 22.0. The van der Waals surface area contributed by atoms with E-state index in [0.29, 0.717) is 23.5 Å². The van der Waals surface area contributed by atoms with Crippen molar-refractivity contribution >= 4 is 34.0 Å². The second-order valence-electron chi connectivity index (χ2n) is 6.34. The Kier molecular flexibility index (Phi) is 7.68. The third kappa shape index (κ3) is 5.37. The standard InChI is InChI=1S/C19H23N3O4S.ClH/c1-26-18-10-3-2-9-17(18)22-27(24,25)16-8-4-6-14(12-16)19(23)21-13-15-7-5-11-20-15;/h2-4,6,8-10,12,15,20,22H,5,7,11,13H2,1H3,(H,21,23);1H. The maximum atomic E-state index is 12.7. The largest absolute Gasteiger partial charge is 0.495 e.